The van der Waals surface area contributed by atoms with Crippen molar-refractivity contribution in [2.24, 2.45) is 5.92 Å². The number of halogens is 2. The predicted octanol–water partition coefficient (Wildman–Crippen LogP) is 5.34. The van der Waals surface area contributed by atoms with E-state index in [4.69, 9.17) is 23.2 Å². The van der Waals surface area contributed by atoms with Gasteiger partial charge in [-0.15, -0.1) is 0 Å². The van der Waals surface area contributed by atoms with E-state index in [0.717, 1.165) is 11.4 Å². The van der Waals surface area contributed by atoms with E-state index in [9.17, 15) is 0 Å². The van der Waals surface area contributed by atoms with Gasteiger partial charge in [-0.05, 0) is 43.5 Å². The van der Waals surface area contributed by atoms with Crippen LogP contribution in [-0.4, -0.2) is 13.1 Å². The maximum Gasteiger partial charge on any atom is 0.0453 e. The Morgan fingerprint density at radius 2 is 1.95 bits per heavy atom. The van der Waals surface area contributed by atoms with Crippen LogP contribution in [0.3, 0.4) is 0 Å². The average Bonchev–Trinajstić information content (AvgIpc) is 2.40. The lowest BCUT2D eigenvalue weighted by atomic mass is 9.87. The molecule has 1 rings (SSSR count). The number of nitrogens with one attached hydrogen (secondary N) is 1. The van der Waals surface area contributed by atoms with Crippen LogP contribution in [0.15, 0.2) is 18.2 Å². The molecule has 0 heterocycles. The standard InChI is InChI=1S/C16H25Cl2N/c1-4-6-7-12(5-2)16(19-3)10-13-8-9-14(17)11-15(13)18/h8-9,11-12,16,19H,4-7,10H2,1-3H3. The third kappa shape index (κ3) is 5.33. The van der Waals surface area contributed by atoms with Crippen LogP contribution in [0.4, 0.5) is 0 Å². The van der Waals surface area contributed by atoms with E-state index in [-0.39, 0.29) is 0 Å². The summed E-state index contributed by atoms with van der Waals surface area (Å²) in [5, 5.41) is 4.94. The molecule has 108 valence electrons. The Labute approximate surface area is 127 Å². The molecule has 0 bridgehead atoms. The molecule has 1 aromatic carbocycles. The summed E-state index contributed by atoms with van der Waals surface area (Å²) in [6, 6.07) is 6.28. The van der Waals surface area contributed by atoms with Crippen molar-refractivity contribution in [1.82, 2.24) is 5.32 Å². The molecule has 0 spiro atoms. The van der Waals surface area contributed by atoms with Gasteiger partial charge in [-0.3, -0.25) is 0 Å². The quantitative estimate of drug-likeness (QED) is 0.683. The Hall–Kier alpha value is -0.240. The molecule has 1 aromatic rings. The Morgan fingerprint density at radius 3 is 2.47 bits per heavy atom. The zero-order chi connectivity index (χ0) is 14.3. The number of hydrogen-bond acceptors (Lipinski definition) is 1. The van der Waals surface area contributed by atoms with Crippen LogP contribution < -0.4 is 5.32 Å². The first kappa shape index (κ1) is 16.8. The van der Waals surface area contributed by atoms with Gasteiger partial charge in [0.15, 0.2) is 0 Å². The molecule has 0 amide bonds. The monoisotopic (exact) mass is 301 g/mol. The highest BCUT2D eigenvalue weighted by molar-refractivity contribution is 6.35. The molecule has 3 heteroatoms. The Balaban J connectivity index is 2.73. The first-order chi connectivity index (χ1) is 9.12. The second-order valence-electron chi connectivity index (χ2n) is 5.15. The van der Waals surface area contributed by atoms with Gasteiger partial charge in [0.2, 0.25) is 0 Å². The van der Waals surface area contributed by atoms with Crippen molar-refractivity contribution in [3.8, 4) is 0 Å². The highest BCUT2D eigenvalue weighted by Gasteiger charge is 2.19. The maximum absolute atomic E-state index is 6.27. The van der Waals surface area contributed by atoms with Crippen molar-refractivity contribution in [3.05, 3.63) is 33.8 Å². The summed E-state index contributed by atoms with van der Waals surface area (Å²) in [5.41, 5.74) is 1.18. The van der Waals surface area contributed by atoms with Gasteiger partial charge in [0.05, 0.1) is 0 Å². The fourth-order valence-corrected chi connectivity index (χ4v) is 3.07. The molecule has 0 aromatic heterocycles. The van der Waals surface area contributed by atoms with E-state index < -0.39 is 0 Å². The molecule has 2 atom stereocenters. The fourth-order valence-electron chi connectivity index (χ4n) is 2.58. The van der Waals surface area contributed by atoms with Crippen molar-refractivity contribution in [3.63, 3.8) is 0 Å². The van der Waals surface area contributed by atoms with Crippen LogP contribution in [0.25, 0.3) is 0 Å². The summed E-state index contributed by atoms with van der Waals surface area (Å²) < 4.78 is 0. The van der Waals surface area contributed by atoms with E-state index in [1.165, 1.54) is 31.2 Å². The molecule has 1 nitrogen and oxygen atoms in total. The minimum Gasteiger partial charge on any atom is -0.316 e. The third-order valence-corrected chi connectivity index (χ3v) is 4.43. The van der Waals surface area contributed by atoms with Crippen LogP contribution in [0.5, 0.6) is 0 Å². The van der Waals surface area contributed by atoms with Crippen LogP contribution in [-0.2, 0) is 6.42 Å². The van der Waals surface area contributed by atoms with Crippen molar-refractivity contribution in [1.29, 1.82) is 0 Å². The highest BCUT2D eigenvalue weighted by atomic mass is 35.5. The molecular weight excluding hydrogens is 277 g/mol. The SMILES string of the molecule is CCCCC(CC)C(Cc1ccc(Cl)cc1Cl)NC. The lowest BCUT2D eigenvalue weighted by molar-refractivity contribution is 0.330. The minimum atomic E-state index is 0.482. The van der Waals surface area contributed by atoms with Gasteiger partial charge < -0.3 is 5.32 Å². The van der Waals surface area contributed by atoms with Crippen molar-refractivity contribution in [2.75, 3.05) is 7.05 Å². The van der Waals surface area contributed by atoms with E-state index in [0.29, 0.717) is 17.0 Å². The molecule has 0 aliphatic carbocycles. The molecule has 0 saturated heterocycles. The molecule has 0 aliphatic rings. The summed E-state index contributed by atoms with van der Waals surface area (Å²) >= 11 is 12.2. The molecule has 0 fully saturated rings. The second kappa shape index (κ2) is 8.84. The first-order valence-corrected chi connectivity index (χ1v) is 7.99. The van der Waals surface area contributed by atoms with Crippen molar-refractivity contribution < 1.29 is 0 Å². The topological polar surface area (TPSA) is 12.0 Å². The largest absolute Gasteiger partial charge is 0.316 e. The van der Waals surface area contributed by atoms with Gasteiger partial charge in [-0.25, -0.2) is 0 Å². The summed E-state index contributed by atoms with van der Waals surface area (Å²) in [5.74, 6) is 0.705. The third-order valence-electron chi connectivity index (χ3n) is 3.85. The Bertz CT molecular complexity index is 379. The predicted molar refractivity (Wildman–Crippen MR) is 86.3 cm³/mol. The Morgan fingerprint density at radius 1 is 1.21 bits per heavy atom. The van der Waals surface area contributed by atoms with Gasteiger partial charge in [-0.1, -0.05) is 62.4 Å². The van der Waals surface area contributed by atoms with E-state index in [1.807, 2.05) is 25.2 Å². The molecule has 0 radical (unpaired) electrons. The van der Waals surface area contributed by atoms with E-state index in [1.54, 1.807) is 0 Å². The van der Waals surface area contributed by atoms with E-state index in [2.05, 4.69) is 19.2 Å². The van der Waals surface area contributed by atoms with Gasteiger partial charge in [0.1, 0.15) is 0 Å². The van der Waals surface area contributed by atoms with Crippen LogP contribution in [0.2, 0.25) is 10.0 Å². The normalized spacial score (nSPS) is 14.4. The number of unbranched alkanes of at least 4 members (excludes halogenated alkanes) is 1. The zero-order valence-corrected chi connectivity index (χ0v) is 13.7. The highest BCUT2D eigenvalue weighted by Crippen LogP contribution is 2.25. The lowest BCUT2D eigenvalue weighted by Crippen LogP contribution is -2.35. The number of benzene rings is 1. The first-order valence-electron chi connectivity index (χ1n) is 7.23. The number of likely N-dealkylation sites (N-methyl/N-ethyl adjacent to an activating group) is 1. The second-order valence-corrected chi connectivity index (χ2v) is 5.99. The Kier molecular flexibility index (Phi) is 7.82. The van der Waals surface area contributed by atoms with Gasteiger partial charge in [-0.2, -0.15) is 0 Å². The maximum atomic E-state index is 6.27. The summed E-state index contributed by atoms with van der Waals surface area (Å²) in [4.78, 5) is 0. The van der Waals surface area contributed by atoms with E-state index >= 15 is 0 Å². The fraction of sp³-hybridized carbons (Fsp3) is 0.625. The average molecular weight is 302 g/mol. The summed E-state index contributed by atoms with van der Waals surface area (Å²) in [6.07, 6.45) is 6.01. The van der Waals surface area contributed by atoms with Crippen molar-refractivity contribution in [2.45, 2.75) is 52.0 Å². The molecular formula is C16H25Cl2N. The van der Waals surface area contributed by atoms with Crippen LogP contribution in [0, 0.1) is 5.92 Å². The zero-order valence-electron chi connectivity index (χ0n) is 12.2. The summed E-state index contributed by atoms with van der Waals surface area (Å²) in [7, 11) is 2.04. The van der Waals surface area contributed by atoms with Crippen LogP contribution in [0.1, 0.15) is 45.1 Å². The molecule has 1 N–H and O–H groups in total. The van der Waals surface area contributed by atoms with Crippen molar-refractivity contribution >= 4 is 23.2 Å². The minimum absolute atomic E-state index is 0.482. The van der Waals surface area contributed by atoms with Gasteiger partial charge >= 0.3 is 0 Å². The smallest absolute Gasteiger partial charge is 0.0453 e. The number of rotatable bonds is 8. The van der Waals surface area contributed by atoms with Crippen LogP contribution >= 0.6 is 23.2 Å². The van der Waals surface area contributed by atoms with Gasteiger partial charge in [0.25, 0.3) is 0 Å². The molecule has 2 unspecified atom stereocenters. The van der Waals surface area contributed by atoms with Gasteiger partial charge in [0, 0.05) is 16.1 Å². The molecule has 0 saturated carbocycles. The molecule has 0 aliphatic heterocycles. The lowest BCUT2D eigenvalue weighted by Gasteiger charge is -2.26. The molecule has 19 heavy (non-hydrogen) atoms. The summed E-state index contributed by atoms with van der Waals surface area (Å²) in [6.45, 7) is 4.52. The number of hydrogen-bond donors (Lipinski definition) is 1.